The van der Waals surface area contributed by atoms with Crippen molar-refractivity contribution in [3.8, 4) is 17.1 Å². The van der Waals surface area contributed by atoms with Crippen LogP contribution in [-0.4, -0.2) is 17.4 Å². The second kappa shape index (κ2) is 6.57. The Kier molecular flexibility index (Phi) is 4.14. The summed E-state index contributed by atoms with van der Waals surface area (Å²) in [5.41, 5.74) is 4.60. The number of hydrogen-bond acceptors (Lipinski definition) is 6. The van der Waals surface area contributed by atoms with Gasteiger partial charge in [0.2, 0.25) is 0 Å². The average molecular weight is 394 g/mol. The van der Waals surface area contributed by atoms with Gasteiger partial charge in [-0.1, -0.05) is 29.4 Å². The quantitative estimate of drug-likeness (QED) is 0.586. The van der Waals surface area contributed by atoms with E-state index in [1.165, 1.54) is 30.4 Å². The molecule has 2 aliphatic rings. The molecular formula is C22H22N2O3S. The lowest BCUT2D eigenvalue weighted by Crippen LogP contribution is -2.17. The minimum Gasteiger partial charge on any atom is -0.496 e. The van der Waals surface area contributed by atoms with Gasteiger partial charge < -0.3 is 19.1 Å². The predicted octanol–water partition coefficient (Wildman–Crippen LogP) is 5.11. The van der Waals surface area contributed by atoms with Crippen molar-refractivity contribution in [1.82, 2.24) is 5.16 Å². The highest BCUT2D eigenvalue weighted by Gasteiger charge is 2.50. The summed E-state index contributed by atoms with van der Waals surface area (Å²) in [6.07, 6.45) is 2.78. The van der Waals surface area contributed by atoms with E-state index in [0.717, 1.165) is 45.3 Å². The van der Waals surface area contributed by atoms with Crippen LogP contribution in [0.25, 0.3) is 11.3 Å². The summed E-state index contributed by atoms with van der Waals surface area (Å²) >= 11 is 1.47. The molecule has 1 fully saturated rings. The highest BCUT2D eigenvalue weighted by Crippen LogP contribution is 2.58. The molecule has 0 aliphatic heterocycles. The van der Waals surface area contributed by atoms with Gasteiger partial charge in [-0.3, -0.25) is 0 Å². The Labute approximate surface area is 168 Å². The monoisotopic (exact) mass is 394 g/mol. The van der Waals surface area contributed by atoms with E-state index in [1.54, 1.807) is 14.0 Å². The largest absolute Gasteiger partial charge is 0.496 e. The van der Waals surface area contributed by atoms with Crippen molar-refractivity contribution < 1.29 is 14.4 Å². The zero-order valence-electron chi connectivity index (χ0n) is 15.9. The average Bonchev–Trinajstić information content (AvgIpc) is 3.37. The van der Waals surface area contributed by atoms with Gasteiger partial charge in [-0.05, 0) is 67.5 Å². The van der Waals surface area contributed by atoms with Crippen LogP contribution in [0.4, 0.5) is 5.82 Å². The molecule has 0 radical (unpaired) electrons. The molecule has 0 bridgehead atoms. The number of ether oxygens (including phenoxy) is 1. The minimum absolute atomic E-state index is 0.191. The second-order valence-corrected chi connectivity index (χ2v) is 8.48. The van der Waals surface area contributed by atoms with E-state index in [2.05, 4.69) is 22.0 Å². The Balaban J connectivity index is 1.50. The van der Waals surface area contributed by atoms with Crippen LogP contribution < -0.4 is 9.46 Å². The van der Waals surface area contributed by atoms with E-state index >= 15 is 0 Å². The Hall–Kier alpha value is -2.44. The second-order valence-electron chi connectivity index (χ2n) is 7.63. The number of benzene rings is 2. The molecule has 6 heteroatoms. The number of aliphatic hydroxyl groups is 1. The lowest BCUT2D eigenvalue weighted by molar-refractivity contribution is 0.199. The molecular weight excluding hydrogens is 372 g/mol. The van der Waals surface area contributed by atoms with Crippen LogP contribution in [-0.2, 0) is 11.8 Å². The number of rotatable bonds is 5. The van der Waals surface area contributed by atoms with Crippen molar-refractivity contribution in [3.63, 3.8) is 0 Å². The van der Waals surface area contributed by atoms with Crippen LogP contribution in [0, 0.1) is 0 Å². The number of hydrogen-bond donors (Lipinski definition) is 2. The molecule has 5 rings (SSSR count). The maximum Gasteiger partial charge on any atom is 0.183 e. The Bertz CT molecular complexity index is 1040. The Morgan fingerprint density at radius 1 is 1.25 bits per heavy atom. The summed E-state index contributed by atoms with van der Waals surface area (Å²) in [5.74, 6) is 2.41. The zero-order valence-corrected chi connectivity index (χ0v) is 16.7. The van der Waals surface area contributed by atoms with Gasteiger partial charge in [0.25, 0.3) is 0 Å². The third-order valence-electron chi connectivity index (χ3n) is 5.83. The fourth-order valence-electron chi connectivity index (χ4n) is 4.07. The number of aromatic nitrogens is 1. The third kappa shape index (κ3) is 2.79. The molecule has 1 unspecified atom stereocenters. The molecule has 2 N–H and O–H groups in total. The van der Waals surface area contributed by atoms with Gasteiger partial charge in [0.15, 0.2) is 11.6 Å². The van der Waals surface area contributed by atoms with Crippen molar-refractivity contribution in [1.29, 1.82) is 0 Å². The van der Waals surface area contributed by atoms with Crippen molar-refractivity contribution in [2.24, 2.45) is 0 Å². The maximum atomic E-state index is 10.0. The van der Waals surface area contributed by atoms with Gasteiger partial charge in [-0.25, -0.2) is 0 Å². The molecule has 2 aromatic carbocycles. The van der Waals surface area contributed by atoms with Gasteiger partial charge >= 0.3 is 0 Å². The molecule has 1 aromatic heterocycles. The molecule has 3 aromatic rings. The van der Waals surface area contributed by atoms with E-state index in [-0.39, 0.29) is 5.41 Å². The van der Waals surface area contributed by atoms with Crippen LogP contribution >= 0.6 is 11.9 Å². The molecule has 144 valence electrons. The van der Waals surface area contributed by atoms with Gasteiger partial charge in [0, 0.05) is 16.5 Å². The van der Waals surface area contributed by atoms with Gasteiger partial charge in [-0.2, -0.15) is 0 Å². The number of nitrogens with zero attached hydrogens (tertiary/aromatic N) is 1. The zero-order chi connectivity index (χ0) is 19.3. The number of para-hydroxylation sites is 1. The molecule has 1 saturated carbocycles. The molecule has 1 heterocycles. The first-order chi connectivity index (χ1) is 13.6. The van der Waals surface area contributed by atoms with E-state index < -0.39 is 6.10 Å². The van der Waals surface area contributed by atoms with Crippen molar-refractivity contribution in [2.75, 3.05) is 11.8 Å². The lowest BCUT2D eigenvalue weighted by Gasteiger charge is -2.25. The molecule has 1 spiro atoms. The van der Waals surface area contributed by atoms with Crippen LogP contribution in [0.3, 0.4) is 0 Å². The first kappa shape index (κ1) is 17.6. The highest BCUT2D eigenvalue weighted by molar-refractivity contribution is 8.00. The normalized spacial score (nSPS) is 17.0. The first-order valence-electron chi connectivity index (χ1n) is 9.48. The summed E-state index contributed by atoms with van der Waals surface area (Å²) in [6.45, 7) is 1.79. The van der Waals surface area contributed by atoms with Crippen molar-refractivity contribution in [3.05, 3.63) is 59.2 Å². The van der Waals surface area contributed by atoms with E-state index in [4.69, 9.17) is 9.26 Å². The number of aliphatic hydroxyl groups excluding tert-OH is 1. The Morgan fingerprint density at radius 3 is 2.82 bits per heavy atom. The van der Waals surface area contributed by atoms with E-state index in [1.807, 2.05) is 30.3 Å². The van der Waals surface area contributed by atoms with E-state index in [0.29, 0.717) is 0 Å². The van der Waals surface area contributed by atoms with Crippen LogP contribution in [0.1, 0.15) is 42.6 Å². The maximum absolute atomic E-state index is 10.0. The molecule has 28 heavy (non-hydrogen) atoms. The van der Waals surface area contributed by atoms with Gasteiger partial charge in [-0.15, -0.1) is 0 Å². The van der Waals surface area contributed by atoms with Gasteiger partial charge in [0.1, 0.15) is 5.75 Å². The Morgan fingerprint density at radius 2 is 2.07 bits per heavy atom. The van der Waals surface area contributed by atoms with Gasteiger partial charge in [0.05, 0.1) is 18.1 Å². The molecule has 5 nitrogen and oxygen atoms in total. The summed E-state index contributed by atoms with van der Waals surface area (Å²) in [7, 11) is 1.67. The number of nitrogens with one attached hydrogen (secondary N) is 1. The fraction of sp³-hybridized carbons (Fsp3) is 0.318. The molecule has 1 atom stereocenters. The highest BCUT2D eigenvalue weighted by atomic mass is 32.2. The molecule has 0 saturated heterocycles. The van der Waals surface area contributed by atoms with Crippen LogP contribution in [0.5, 0.6) is 5.75 Å². The summed E-state index contributed by atoms with van der Waals surface area (Å²) in [4.78, 5) is 0.996. The topological polar surface area (TPSA) is 67.5 Å². The van der Waals surface area contributed by atoms with Crippen LogP contribution in [0.15, 0.2) is 51.9 Å². The smallest absolute Gasteiger partial charge is 0.183 e. The first-order valence-corrected chi connectivity index (χ1v) is 10.3. The molecule has 0 amide bonds. The summed E-state index contributed by atoms with van der Waals surface area (Å²) in [6, 6.07) is 14.1. The van der Waals surface area contributed by atoms with Crippen LogP contribution in [0.2, 0.25) is 0 Å². The SMILES string of the molecule is COc1ccccc1SNc1noc2c1CC1(CC1)c1ccc(C(C)O)cc1-2. The number of fused-ring (bicyclic) bond motifs is 4. The van der Waals surface area contributed by atoms with Crippen molar-refractivity contribution >= 4 is 17.8 Å². The number of methoxy groups -OCH3 is 1. The standard InChI is InChI=1S/C22H22N2O3S/c1-13(25)14-7-8-17-15(11-14)20-16(12-22(17)9-10-22)21(23-27-20)24-28-19-6-4-3-5-18(19)26-2/h3-8,11,13,25H,9-10,12H2,1-2H3,(H,23,24). The fourth-order valence-corrected chi connectivity index (χ4v) is 4.84. The summed E-state index contributed by atoms with van der Waals surface area (Å²) < 4.78 is 14.6. The minimum atomic E-state index is -0.507. The summed E-state index contributed by atoms with van der Waals surface area (Å²) in [5, 5.41) is 14.3. The van der Waals surface area contributed by atoms with E-state index in [9.17, 15) is 5.11 Å². The predicted molar refractivity (Wildman–Crippen MR) is 110 cm³/mol. The molecule has 2 aliphatic carbocycles. The third-order valence-corrected chi connectivity index (χ3v) is 6.68. The van der Waals surface area contributed by atoms with Crippen molar-refractivity contribution in [2.45, 2.75) is 42.6 Å². The number of anilines is 1. The lowest BCUT2D eigenvalue weighted by atomic mass is 9.78.